The Balaban J connectivity index is 2.47. The van der Waals surface area contributed by atoms with E-state index in [0.29, 0.717) is 17.4 Å². The first kappa shape index (κ1) is 12.0. The van der Waals surface area contributed by atoms with E-state index in [0.717, 1.165) is 0 Å². The second kappa shape index (κ2) is 4.11. The summed E-state index contributed by atoms with van der Waals surface area (Å²) in [5.41, 5.74) is 0.615. The highest BCUT2D eigenvalue weighted by molar-refractivity contribution is 5.80. The molecular weight excluding hydrogens is 222 g/mol. The molecule has 2 nitrogen and oxygen atoms in total. The van der Waals surface area contributed by atoms with E-state index in [-0.39, 0.29) is 5.54 Å². The third kappa shape index (κ3) is 2.17. The molecule has 0 amide bonds. The summed E-state index contributed by atoms with van der Waals surface area (Å²) in [6.45, 7) is 4.80. The summed E-state index contributed by atoms with van der Waals surface area (Å²) in [6, 6.07) is 4.39. The van der Waals surface area contributed by atoms with Crippen LogP contribution in [0.3, 0.4) is 0 Å². The van der Waals surface area contributed by atoms with Gasteiger partial charge in [0.2, 0.25) is 0 Å². The average molecular weight is 238 g/mol. The van der Waals surface area contributed by atoms with Gasteiger partial charge in [-0.1, -0.05) is 0 Å². The van der Waals surface area contributed by atoms with Crippen LogP contribution in [0, 0.1) is 11.6 Å². The van der Waals surface area contributed by atoms with E-state index in [4.69, 9.17) is 0 Å². The number of halogens is 2. The second-order valence-corrected chi connectivity index (χ2v) is 4.87. The van der Waals surface area contributed by atoms with Crippen molar-refractivity contribution in [3.8, 4) is 0 Å². The number of rotatable bonds is 3. The molecule has 1 heterocycles. The van der Waals surface area contributed by atoms with E-state index in [9.17, 15) is 8.78 Å². The van der Waals surface area contributed by atoms with Gasteiger partial charge in [0.1, 0.15) is 0 Å². The van der Waals surface area contributed by atoms with Gasteiger partial charge in [0.15, 0.2) is 11.6 Å². The van der Waals surface area contributed by atoms with Gasteiger partial charge in [-0.3, -0.25) is 0 Å². The van der Waals surface area contributed by atoms with Crippen LogP contribution in [0.15, 0.2) is 24.4 Å². The van der Waals surface area contributed by atoms with Crippen LogP contribution in [-0.2, 0) is 6.54 Å². The zero-order valence-corrected chi connectivity index (χ0v) is 10.2. The molecule has 0 fully saturated rings. The van der Waals surface area contributed by atoms with Crippen LogP contribution in [0.2, 0.25) is 0 Å². The standard InChI is InChI=1S/C13H16F2N2/c1-13(2,16-3)8-17-7-6-9-11(17)5-4-10(14)12(9)15/h4-7,16H,8H2,1-3H3. The Morgan fingerprint density at radius 3 is 2.59 bits per heavy atom. The molecule has 0 spiro atoms. The highest BCUT2D eigenvalue weighted by atomic mass is 19.2. The molecule has 0 aliphatic carbocycles. The summed E-state index contributed by atoms with van der Waals surface area (Å²) < 4.78 is 28.5. The predicted octanol–water partition coefficient (Wildman–Crippen LogP) is 2.92. The number of nitrogens with zero attached hydrogens (tertiary/aromatic N) is 1. The first-order valence-corrected chi connectivity index (χ1v) is 5.56. The van der Waals surface area contributed by atoms with Crippen molar-refractivity contribution in [3.63, 3.8) is 0 Å². The van der Waals surface area contributed by atoms with E-state index in [1.807, 2.05) is 11.6 Å². The summed E-state index contributed by atoms with van der Waals surface area (Å²) in [5.74, 6) is -1.58. The average Bonchev–Trinajstić information content (AvgIpc) is 2.67. The van der Waals surface area contributed by atoms with Gasteiger partial charge in [-0.05, 0) is 39.1 Å². The highest BCUT2D eigenvalue weighted by Gasteiger charge is 2.17. The molecule has 0 bridgehead atoms. The van der Waals surface area contributed by atoms with Crippen molar-refractivity contribution in [2.45, 2.75) is 25.9 Å². The molecule has 4 heteroatoms. The monoisotopic (exact) mass is 238 g/mol. The molecule has 0 radical (unpaired) electrons. The maximum Gasteiger partial charge on any atom is 0.168 e. The van der Waals surface area contributed by atoms with Crippen LogP contribution in [0.4, 0.5) is 8.78 Å². The predicted molar refractivity (Wildman–Crippen MR) is 65.0 cm³/mol. The van der Waals surface area contributed by atoms with Gasteiger partial charge in [-0.2, -0.15) is 0 Å². The fraction of sp³-hybridized carbons (Fsp3) is 0.385. The van der Waals surface area contributed by atoms with Crippen LogP contribution in [0.1, 0.15) is 13.8 Å². The summed E-state index contributed by atoms with van der Waals surface area (Å²) >= 11 is 0. The zero-order valence-electron chi connectivity index (χ0n) is 10.2. The Kier molecular flexibility index (Phi) is 2.91. The quantitative estimate of drug-likeness (QED) is 0.870. The summed E-state index contributed by atoms with van der Waals surface area (Å²) in [5, 5.41) is 3.51. The minimum absolute atomic E-state index is 0.100. The molecule has 0 aliphatic rings. The van der Waals surface area contributed by atoms with Crippen molar-refractivity contribution in [2.24, 2.45) is 0 Å². The molecule has 92 valence electrons. The van der Waals surface area contributed by atoms with E-state index in [1.54, 1.807) is 18.3 Å². The fourth-order valence-electron chi connectivity index (χ4n) is 1.85. The lowest BCUT2D eigenvalue weighted by Gasteiger charge is -2.25. The van der Waals surface area contributed by atoms with Crippen molar-refractivity contribution in [1.82, 2.24) is 9.88 Å². The van der Waals surface area contributed by atoms with Crippen molar-refractivity contribution < 1.29 is 8.78 Å². The summed E-state index contributed by atoms with van der Waals surface area (Å²) in [7, 11) is 1.88. The number of hydrogen-bond donors (Lipinski definition) is 1. The van der Waals surface area contributed by atoms with E-state index >= 15 is 0 Å². The lowest BCUT2D eigenvalue weighted by atomic mass is 10.1. The first-order valence-electron chi connectivity index (χ1n) is 5.56. The third-order valence-electron chi connectivity index (χ3n) is 3.08. The summed E-state index contributed by atoms with van der Waals surface area (Å²) in [6.07, 6.45) is 1.78. The molecule has 2 rings (SSSR count). The number of nitrogens with one attached hydrogen (secondary N) is 1. The lowest BCUT2D eigenvalue weighted by molar-refractivity contribution is 0.368. The van der Waals surface area contributed by atoms with E-state index in [1.165, 1.54) is 6.07 Å². The second-order valence-electron chi connectivity index (χ2n) is 4.87. The SMILES string of the molecule is CNC(C)(C)Cn1ccc2c(F)c(F)ccc21. The Bertz CT molecular complexity index is 544. The Morgan fingerprint density at radius 1 is 1.24 bits per heavy atom. The van der Waals surface area contributed by atoms with Crippen molar-refractivity contribution in [3.05, 3.63) is 36.0 Å². The van der Waals surface area contributed by atoms with Crippen LogP contribution >= 0.6 is 0 Å². The van der Waals surface area contributed by atoms with Gasteiger partial charge < -0.3 is 9.88 Å². The fourth-order valence-corrected chi connectivity index (χ4v) is 1.85. The van der Waals surface area contributed by atoms with Crippen LogP contribution in [0.5, 0.6) is 0 Å². The zero-order chi connectivity index (χ0) is 12.6. The van der Waals surface area contributed by atoms with E-state index in [2.05, 4.69) is 19.2 Å². The molecule has 1 N–H and O–H groups in total. The van der Waals surface area contributed by atoms with Gasteiger partial charge in [0.25, 0.3) is 0 Å². The maximum absolute atomic E-state index is 13.5. The first-order chi connectivity index (χ1) is 7.94. The summed E-state index contributed by atoms with van der Waals surface area (Å²) in [4.78, 5) is 0. The molecule has 0 unspecified atom stereocenters. The molecular formula is C13H16F2N2. The number of hydrogen-bond acceptors (Lipinski definition) is 1. The molecule has 1 aromatic heterocycles. The topological polar surface area (TPSA) is 17.0 Å². The van der Waals surface area contributed by atoms with E-state index < -0.39 is 11.6 Å². The molecule has 2 aromatic rings. The molecule has 0 atom stereocenters. The molecule has 1 aromatic carbocycles. The number of benzene rings is 1. The number of likely N-dealkylation sites (N-methyl/N-ethyl adjacent to an activating group) is 1. The van der Waals surface area contributed by atoms with Gasteiger partial charge in [-0.15, -0.1) is 0 Å². The minimum atomic E-state index is -0.803. The molecule has 17 heavy (non-hydrogen) atoms. The van der Waals surface area contributed by atoms with Crippen molar-refractivity contribution in [1.29, 1.82) is 0 Å². The highest BCUT2D eigenvalue weighted by Crippen LogP contribution is 2.22. The molecule has 0 saturated carbocycles. The van der Waals surface area contributed by atoms with Gasteiger partial charge in [0, 0.05) is 23.7 Å². The molecule has 0 aliphatic heterocycles. The van der Waals surface area contributed by atoms with Crippen molar-refractivity contribution in [2.75, 3.05) is 7.05 Å². The molecule has 0 saturated heterocycles. The lowest BCUT2D eigenvalue weighted by Crippen LogP contribution is -2.40. The third-order valence-corrected chi connectivity index (χ3v) is 3.08. The Morgan fingerprint density at radius 2 is 1.94 bits per heavy atom. The Hall–Kier alpha value is -1.42. The number of fused-ring (bicyclic) bond motifs is 1. The van der Waals surface area contributed by atoms with Gasteiger partial charge in [0.05, 0.1) is 5.52 Å². The maximum atomic E-state index is 13.5. The smallest absolute Gasteiger partial charge is 0.168 e. The van der Waals surface area contributed by atoms with Crippen LogP contribution in [-0.4, -0.2) is 17.2 Å². The Labute approximate surface area is 99.2 Å². The largest absolute Gasteiger partial charge is 0.346 e. The van der Waals surface area contributed by atoms with Gasteiger partial charge >= 0.3 is 0 Å². The van der Waals surface area contributed by atoms with Crippen LogP contribution < -0.4 is 5.32 Å². The van der Waals surface area contributed by atoms with Crippen molar-refractivity contribution >= 4 is 10.9 Å². The minimum Gasteiger partial charge on any atom is -0.346 e. The van der Waals surface area contributed by atoms with Gasteiger partial charge in [-0.25, -0.2) is 8.78 Å². The van der Waals surface area contributed by atoms with Crippen LogP contribution in [0.25, 0.3) is 10.9 Å². The number of aromatic nitrogens is 1. The normalized spacial score (nSPS) is 12.3.